The summed E-state index contributed by atoms with van der Waals surface area (Å²) >= 11 is 0. The molecule has 0 fully saturated rings. The SMILES string of the molecule is Cc1cc(C)n(CC(=O)Nc2ccc3c(C)cc(=O)oc3c2)c(=O)n1. The Morgan fingerprint density at radius 3 is 2.64 bits per heavy atom. The van der Waals surface area contributed by atoms with Gasteiger partial charge in [-0.1, -0.05) is 0 Å². The van der Waals surface area contributed by atoms with Crippen molar-refractivity contribution in [2.24, 2.45) is 0 Å². The van der Waals surface area contributed by atoms with Crippen LogP contribution in [0.1, 0.15) is 17.0 Å². The number of fused-ring (bicyclic) bond motifs is 1. The molecular formula is C18H17N3O4. The molecule has 7 nitrogen and oxygen atoms in total. The maximum Gasteiger partial charge on any atom is 0.348 e. The number of hydrogen-bond donors (Lipinski definition) is 1. The first kappa shape index (κ1) is 16.6. The molecule has 0 aliphatic heterocycles. The lowest BCUT2D eigenvalue weighted by atomic mass is 10.1. The van der Waals surface area contributed by atoms with Gasteiger partial charge in [0.15, 0.2) is 0 Å². The van der Waals surface area contributed by atoms with Crippen LogP contribution in [0.25, 0.3) is 11.0 Å². The van der Waals surface area contributed by atoms with Gasteiger partial charge < -0.3 is 9.73 Å². The van der Waals surface area contributed by atoms with E-state index < -0.39 is 11.3 Å². The highest BCUT2D eigenvalue weighted by atomic mass is 16.4. The van der Waals surface area contributed by atoms with Crippen LogP contribution >= 0.6 is 0 Å². The van der Waals surface area contributed by atoms with Gasteiger partial charge in [0.05, 0.1) is 0 Å². The largest absolute Gasteiger partial charge is 0.423 e. The van der Waals surface area contributed by atoms with Gasteiger partial charge >= 0.3 is 11.3 Å². The minimum atomic E-state index is -0.465. The van der Waals surface area contributed by atoms with E-state index in [1.165, 1.54) is 10.6 Å². The van der Waals surface area contributed by atoms with Crippen molar-refractivity contribution < 1.29 is 9.21 Å². The first-order valence-electron chi connectivity index (χ1n) is 7.73. The number of nitrogens with zero attached hydrogens (tertiary/aromatic N) is 2. The minimum absolute atomic E-state index is 0.145. The predicted molar refractivity (Wildman–Crippen MR) is 93.8 cm³/mol. The Balaban J connectivity index is 1.85. The third-order valence-corrected chi connectivity index (χ3v) is 3.88. The number of rotatable bonds is 3. The summed E-state index contributed by atoms with van der Waals surface area (Å²) in [4.78, 5) is 39.5. The molecule has 1 amide bonds. The van der Waals surface area contributed by atoms with Gasteiger partial charge in [-0.2, -0.15) is 4.98 Å². The maximum atomic E-state index is 12.3. The lowest BCUT2D eigenvalue weighted by molar-refractivity contribution is -0.116. The molecule has 1 N–H and O–H groups in total. The summed E-state index contributed by atoms with van der Waals surface area (Å²) in [6.45, 7) is 5.14. The van der Waals surface area contributed by atoms with E-state index in [2.05, 4.69) is 10.3 Å². The second-order valence-electron chi connectivity index (χ2n) is 5.92. The Kier molecular flexibility index (Phi) is 4.22. The molecule has 0 spiro atoms. The fourth-order valence-corrected chi connectivity index (χ4v) is 2.71. The van der Waals surface area contributed by atoms with Crippen molar-refractivity contribution in [2.75, 3.05) is 5.32 Å². The second-order valence-corrected chi connectivity index (χ2v) is 5.92. The van der Waals surface area contributed by atoms with Gasteiger partial charge in [-0.3, -0.25) is 9.36 Å². The summed E-state index contributed by atoms with van der Waals surface area (Å²) in [5.74, 6) is -0.370. The molecule has 3 rings (SSSR count). The van der Waals surface area contributed by atoms with Crippen LogP contribution in [0.3, 0.4) is 0 Å². The van der Waals surface area contributed by atoms with Crippen molar-refractivity contribution in [1.82, 2.24) is 9.55 Å². The normalized spacial score (nSPS) is 10.8. The van der Waals surface area contributed by atoms with Crippen molar-refractivity contribution >= 4 is 22.6 Å². The monoisotopic (exact) mass is 339 g/mol. The molecule has 0 bridgehead atoms. The van der Waals surface area contributed by atoms with Crippen LogP contribution in [0.2, 0.25) is 0 Å². The van der Waals surface area contributed by atoms with Crippen LogP contribution in [0.15, 0.2) is 44.3 Å². The molecule has 0 saturated carbocycles. The summed E-state index contributed by atoms with van der Waals surface area (Å²) in [6.07, 6.45) is 0. The number of hydrogen-bond acceptors (Lipinski definition) is 5. The molecule has 0 aliphatic carbocycles. The van der Waals surface area contributed by atoms with Crippen molar-refractivity contribution in [3.63, 3.8) is 0 Å². The van der Waals surface area contributed by atoms with Crippen molar-refractivity contribution in [1.29, 1.82) is 0 Å². The first-order chi connectivity index (χ1) is 11.8. The van der Waals surface area contributed by atoms with E-state index in [1.54, 1.807) is 38.1 Å². The molecular weight excluding hydrogens is 322 g/mol. The average Bonchev–Trinajstić information content (AvgIpc) is 2.50. The Morgan fingerprint density at radius 2 is 1.92 bits per heavy atom. The highest BCUT2D eigenvalue weighted by Crippen LogP contribution is 2.20. The molecule has 2 aromatic heterocycles. The van der Waals surface area contributed by atoms with E-state index in [-0.39, 0.29) is 12.5 Å². The van der Waals surface area contributed by atoms with Gasteiger partial charge in [-0.25, -0.2) is 9.59 Å². The van der Waals surface area contributed by atoms with Crippen LogP contribution in [0, 0.1) is 20.8 Å². The topological polar surface area (TPSA) is 94.2 Å². The number of carbonyl (C=O) groups is 1. The standard InChI is InChI=1S/C18H17N3O4/c1-10-6-17(23)25-15-8-13(4-5-14(10)15)20-16(22)9-21-12(3)7-11(2)19-18(21)24/h4-8H,9H2,1-3H3,(H,20,22). The smallest absolute Gasteiger partial charge is 0.348 e. The summed E-state index contributed by atoms with van der Waals surface area (Å²) in [5, 5.41) is 3.50. The van der Waals surface area contributed by atoms with Crippen LogP contribution in [0.5, 0.6) is 0 Å². The van der Waals surface area contributed by atoms with E-state index in [0.717, 1.165) is 10.9 Å². The zero-order valence-corrected chi connectivity index (χ0v) is 14.1. The van der Waals surface area contributed by atoms with Gasteiger partial charge in [-0.15, -0.1) is 0 Å². The summed E-state index contributed by atoms with van der Waals surface area (Å²) < 4.78 is 6.46. The first-order valence-corrected chi connectivity index (χ1v) is 7.73. The van der Waals surface area contributed by atoms with Crippen LogP contribution in [0.4, 0.5) is 5.69 Å². The Labute approximate surface area is 142 Å². The number of carbonyl (C=O) groups excluding carboxylic acids is 1. The Hall–Kier alpha value is -3.22. The molecule has 3 aromatic rings. The molecule has 0 saturated heterocycles. The van der Waals surface area contributed by atoms with Crippen molar-refractivity contribution in [3.8, 4) is 0 Å². The number of amides is 1. The molecule has 25 heavy (non-hydrogen) atoms. The molecule has 7 heteroatoms. The van der Waals surface area contributed by atoms with Crippen molar-refractivity contribution in [2.45, 2.75) is 27.3 Å². The highest BCUT2D eigenvalue weighted by molar-refractivity contribution is 5.93. The predicted octanol–water partition coefficient (Wildman–Crippen LogP) is 1.91. The average molecular weight is 339 g/mol. The van der Waals surface area contributed by atoms with E-state index in [0.29, 0.717) is 22.7 Å². The molecule has 0 aliphatic rings. The molecule has 2 heterocycles. The van der Waals surface area contributed by atoms with Gasteiger partial charge in [0.2, 0.25) is 5.91 Å². The Morgan fingerprint density at radius 1 is 1.16 bits per heavy atom. The second kappa shape index (κ2) is 6.35. The molecule has 1 aromatic carbocycles. The zero-order chi connectivity index (χ0) is 18.1. The molecule has 128 valence electrons. The van der Waals surface area contributed by atoms with E-state index in [9.17, 15) is 14.4 Å². The van der Waals surface area contributed by atoms with E-state index in [1.807, 2.05) is 6.92 Å². The minimum Gasteiger partial charge on any atom is -0.423 e. The number of aromatic nitrogens is 2. The quantitative estimate of drug-likeness (QED) is 0.736. The molecule has 0 atom stereocenters. The summed E-state index contributed by atoms with van der Waals surface area (Å²) in [6, 6.07) is 8.23. The van der Waals surface area contributed by atoms with E-state index in [4.69, 9.17) is 4.42 Å². The third-order valence-electron chi connectivity index (χ3n) is 3.88. The summed E-state index contributed by atoms with van der Waals surface area (Å²) in [5.41, 5.74) is 2.04. The Bertz CT molecular complexity index is 1100. The molecule has 0 radical (unpaired) electrons. The fraction of sp³-hybridized carbons (Fsp3) is 0.222. The van der Waals surface area contributed by atoms with Crippen molar-refractivity contribution in [3.05, 3.63) is 68.2 Å². The highest BCUT2D eigenvalue weighted by Gasteiger charge is 2.10. The lowest BCUT2D eigenvalue weighted by Gasteiger charge is -2.10. The van der Waals surface area contributed by atoms with E-state index >= 15 is 0 Å². The third kappa shape index (κ3) is 3.50. The van der Waals surface area contributed by atoms with Gasteiger partial charge in [0.1, 0.15) is 12.1 Å². The summed E-state index contributed by atoms with van der Waals surface area (Å²) in [7, 11) is 0. The maximum absolute atomic E-state index is 12.3. The lowest BCUT2D eigenvalue weighted by Crippen LogP contribution is -2.31. The van der Waals surface area contributed by atoms with Gasteiger partial charge in [0.25, 0.3) is 0 Å². The number of anilines is 1. The molecule has 0 unspecified atom stereocenters. The van der Waals surface area contributed by atoms with Crippen LogP contribution < -0.4 is 16.6 Å². The van der Waals surface area contributed by atoms with Crippen LogP contribution in [-0.4, -0.2) is 15.5 Å². The van der Waals surface area contributed by atoms with Gasteiger partial charge in [-0.05, 0) is 44.5 Å². The van der Waals surface area contributed by atoms with Gasteiger partial charge in [0, 0.05) is 34.6 Å². The zero-order valence-electron chi connectivity index (χ0n) is 14.1. The number of aryl methyl sites for hydroxylation is 3. The fourth-order valence-electron chi connectivity index (χ4n) is 2.71. The van der Waals surface area contributed by atoms with Crippen LogP contribution in [-0.2, 0) is 11.3 Å². The number of benzene rings is 1. The number of nitrogens with one attached hydrogen (secondary N) is 1.